The molecule has 0 aliphatic heterocycles. The summed E-state index contributed by atoms with van der Waals surface area (Å²) in [5, 5.41) is 9.82. The highest BCUT2D eigenvalue weighted by atomic mass is 16.3. The van der Waals surface area contributed by atoms with Gasteiger partial charge in [0, 0.05) is 5.92 Å². The van der Waals surface area contributed by atoms with Crippen LogP contribution in [0, 0.1) is 5.92 Å². The first-order valence-electron chi connectivity index (χ1n) is 4.16. The number of hydrogen-bond acceptors (Lipinski definition) is 1. The molecule has 62 valence electrons. The molecule has 0 spiro atoms. The molecule has 1 heteroatoms. The van der Waals surface area contributed by atoms with Crippen LogP contribution in [-0.2, 0) is 0 Å². The molecule has 2 unspecified atom stereocenters. The van der Waals surface area contributed by atoms with E-state index in [0.29, 0.717) is 0 Å². The Labute approximate surface area is 68.4 Å². The highest BCUT2D eigenvalue weighted by Gasteiger charge is 2.27. The molecule has 1 nitrogen and oxygen atoms in total. The van der Waals surface area contributed by atoms with Gasteiger partial charge >= 0.3 is 0 Å². The van der Waals surface area contributed by atoms with Crippen molar-refractivity contribution < 1.29 is 5.11 Å². The number of aliphatic hydroxyl groups is 1. The Hall–Kier alpha value is -0.560. The maximum absolute atomic E-state index is 9.82. The number of hydrogen-bond donors (Lipinski definition) is 1. The molecule has 1 aliphatic rings. The standard InChI is InChI=1S/C10H16O/c1-4-9-7-8(2)5-6-10(9,3)11/h5-7,9,11H,4H2,1-3H3. The summed E-state index contributed by atoms with van der Waals surface area (Å²) in [7, 11) is 0. The van der Waals surface area contributed by atoms with Crippen LogP contribution in [-0.4, -0.2) is 10.7 Å². The van der Waals surface area contributed by atoms with E-state index in [4.69, 9.17) is 0 Å². The topological polar surface area (TPSA) is 20.2 Å². The summed E-state index contributed by atoms with van der Waals surface area (Å²) >= 11 is 0. The molecule has 0 amide bonds. The van der Waals surface area contributed by atoms with E-state index >= 15 is 0 Å². The molecule has 0 saturated heterocycles. The minimum atomic E-state index is -0.631. The summed E-state index contributed by atoms with van der Waals surface area (Å²) in [5.74, 6) is 0.285. The molecule has 0 aromatic heterocycles. The molecule has 1 rings (SSSR count). The SMILES string of the molecule is CCC1C=C(C)C=CC1(C)O. The molecule has 1 N–H and O–H groups in total. The first kappa shape index (κ1) is 8.54. The molecule has 0 fully saturated rings. The van der Waals surface area contributed by atoms with Crippen molar-refractivity contribution in [3.63, 3.8) is 0 Å². The van der Waals surface area contributed by atoms with Crippen molar-refractivity contribution in [2.45, 2.75) is 32.8 Å². The third-order valence-electron chi connectivity index (χ3n) is 2.34. The Bertz CT molecular complexity index is 199. The third-order valence-corrected chi connectivity index (χ3v) is 2.34. The zero-order valence-electron chi connectivity index (χ0n) is 7.46. The van der Waals surface area contributed by atoms with Gasteiger partial charge in [-0.05, 0) is 20.3 Å². The summed E-state index contributed by atoms with van der Waals surface area (Å²) in [5.41, 5.74) is 0.622. The van der Waals surface area contributed by atoms with Crippen LogP contribution in [0.25, 0.3) is 0 Å². The first-order chi connectivity index (χ1) is 5.06. The summed E-state index contributed by atoms with van der Waals surface area (Å²) < 4.78 is 0. The van der Waals surface area contributed by atoms with Crippen molar-refractivity contribution in [2.75, 3.05) is 0 Å². The predicted molar refractivity (Wildman–Crippen MR) is 47.3 cm³/mol. The molecule has 0 bridgehead atoms. The van der Waals surface area contributed by atoms with Crippen LogP contribution in [0.2, 0.25) is 0 Å². The molecule has 1 aliphatic carbocycles. The zero-order chi connectivity index (χ0) is 8.48. The molecular formula is C10H16O. The molecule has 11 heavy (non-hydrogen) atoms. The summed E-state index contributed by atoms with van der Waals surface area (Å²) in [6.07, 6.45) is 7.00. The van der Waals surface area contributed by atoms with Crippen molar-refractivity contribution in [1.29, 1.82) is 0 Å². The maximum Gasteiger partial charge on any atom is 0.0865 e. The van der Waals surface area contributed by atoms with Gasteiger partial charge < -0.3 is 5.11 Å². The van der Waals surface area contributed by atoms with Gasteiger partial charge in [-0.1, -0.05) is 30.7 Å². The molecule has 0 saturated carbocycles. The number of rotatable bonds is 1. The lowest BCUT2D eigenvalue weighted by Crippen LogP contribution is -2.32. The normalized spacial score (nSPS) is 37.1. The van der Waals surface area contributed by atoms with Gasteiger partial charge in [0.2, 0.25) is 0 Å². The molecule has 0 aromatic rings. The second-order valence-corrected chi connectivity index (χ2v) is 3.48. The van der Waals surface area contributed by atoms with Crippen molar-refractivity contribution in [1.82, 2.24) is 0 Å². The summed E-state index contributed by atoms with van der Waals surface area (Å²) in [4.78, 5) is 0. The lowest BCUT2D eigenvalue weighted by Gasteiger charge is -2.30. The summed E-state index contributed by atoms with van der Waals surface area (Å²) in [6, 6.07) is 0. The van der Waals surface area contributed by atoms with Gasteiger partial charge in [0.15, 0.2) is 0 Å². The van der Waals surface area contributed by atoms with E-state index in [0.717, 1.165) is 6.42 Å². The van der Waals surface area contributed by atoms with Crippen molar-refractivity contribution >= 4 is 0 Å². The van der Waals surface area contributed by atoms with Crippen LogP contribution in [0.5, 0.6) is 0 Å². The Morgan fingerprint density at radius 1 is 1.64 bits per heavy atom. The fourth-order valence-electron chi connectivity index (χ4n) is 1.50. The highest BCUT2D eigenvalue weighted by Crippen LogP contribution is 2.28. The first-order valence-corrected chi connectivity index (χ1v) is 4.16. The van der Waals surface area contributed by atoms with Crippen LogP contribution in [0.4, 0.5) is 0 Å². The Morgan fingerprint density at radius 3 is 2.73 bits per heavy atom. The van der Waals surface area contributed by atoms with E-state index < -0.39 is 5.60 Å². The van der Waals surface area contributed by atoms with Gasteiger partial charge in [0.05, 0.1) is 5.60 Å². The fraction of sp³-hybridized carbons (Fsp3) is 0.600. The van der Waals surface area contributed by atoms with Gasteiger partial charge in [-0.2, -0.15) is 0 Å². The molecule has 2 atom stereocenters. The van der Waals surface area contributed by atoms with Crippen LogP contribution < -0.4 is 0 Å². The van der Waals surface area contributed by atoms with Crippen molar-refractivity contribution in [2.24, 2.45) is 5.92 Å². The molecule has 0 heterocycles. The summed E-state index contributed by atoms with van der Waals surface area (Å²) in [6.45, 7) is 6.02. The van der Waals surface area contributed by atoms with Gasteiger partial charge in [-0.25, -0.2) is 0 Å². The minimum absolute atomic E-state index is 0.285. The van der Waals surface area contributed by atoms with E-state index in [2.05, 4.69) is 19.9 Å². The zero-order valence-corrected chi connectivity index (χ0v) is 7.46. The van der Waals surface area contributed by atoms with E-state index in [1.807, 2.05) is 19.1 Å². The van der Waals surface area contributed by atoms with E-state index in [1.165, 1.54) is 5.57 Å². The largest absolute Gasteiger partial charge is 0.385 e. The Morgan fingerprint density at radius 2 is 2.27 bits per heavy atom. The lowest BCUT2D eigenvalue weighted by molar-refractivity contribution is 0.0633. The average Bonchev–Trinajstić information content (AvgIpc) is 1.94. The molecular weight excluding hydrogens is 136 g/mol. The van der Waals surface area contributed by atoms with Gasteiger partial charge in [0.25, 0.3) is 0 Å². The maximum atomic E-state index is 9.82. The minimum Gasteiger partial charge on any atom is -0.385 e. The van der Waals surface area contributed by atoms with Gasteiger partial charge in [-0.3, -0.25) is 0 Å². The van der Waals surface area contributed by atoms with Crippen molar-refractivity contribution in [3.8, 4) is 0 Å². The Kier molecular flexibility index (Phi) is 2.19. The smallest absolute Gasteiger partial charge is 0.0865 e. The lowest BCUT2D eigenvalue weighted by atomic mass is 9.82. The second-order valence-electron chi connectivity index (χ2n) is 3.48. The van der Waals surface area contributed by atoms with Gasteiger partial charge in [0.1, 0.15) is 0 Å². The predicted octanol–water partition coefficient (Wildman–Crippen LogP) is 2.28. The van der Waals surface area contributed by atoms with Gasteiger partial charge in [-0.15, -0.1) is 0 Å². The van der Waals surface area contributed by atoms with Crippen LogP contribution in [0.15, 0.2) is 23.8 Å². The van der Waals surface area contributed by atoms with E-state index in [1.54, 1.807) is 0 Å². The quantitative estimate of drug-likeness (QED) is 0.611. The molecule has 0 radical (unpaired) electrons. The highest BCUT2D eigenvalue weighted by molar-refractivity contribution is 5.27. The van der Waals surface area contributed by atoms with Crippen LogP contribution in [0.3, 0.4) is 0 Å². The van der Waals surface area contributed by atoms with Crippen LogP contribution in [0.1, 0.15) is 27.2 Å². The van der Waals surface area contributed by atoms with Crippen molar-refractivity contribution in [3.05, 3.63) is 23.8 Å². The average molecular weight is 152 g/mol. The Balaban J connectivity index is 2.84. The monoisotopic (exact) mass is 152 g/mol. The van der Waals surface area contributed by atoms with E-state index in [9.17, 15) is 5.11 Å². The molecule has 0 aromatic carbocycles. The van der Waals surface area contributed by atoms with E-state index in [-0.39, 0.29) is 5.92 Å². The van der Waals surface area contributed by atoms with Crippen LogP contribution >= 0.6 is 0 Å². The fourth-order valence-corrected chi connectivity index (χ4v) is 1.50. The second kappa shape index (κ2) is 2.82. The number of allylic oxidation sites excluding steroid dienone is 2. The third kappa shape index (κ3) is 1.72.